The lowest BCUT2D eigenvalue weighted by Gasteiger charge is -2.36. The molecule has 0 atom stereocenters. The fourth-order valence-corrected chi connectivity index (χ4v) is 4.07. The number of fused-ring (bicyclic) bond motifs is 3. The van der Waals surface area contributed by atoms with Crippen molar-refractivity contribution in [3.05, 3.63) is 82.5 Å². The number of aromatic amines is 1. The van der Waals surface area contributed by atoms with Gasteiger partial charge in [-0.3, -0.25) is 9.69 Å². The monoisotopic (exact) mass is 376 g/mol. The molecule has 5 nitrogen and oxygen atoms in total. The van der Waals surface area contributed by atoms with Gasteiger partial charge in [-0.25, -0.2) is 4.39 Å². The lowest BCUT2D eigenvalue weighted by Crippen LogP contribution is -2.46. The predicted octanol–water partition coefficient (Wildman–Crippen LogP) is 3.24. The zero-order chi connectivity index (χ0) is 19.1. The first-order chi connectivity index (χ1) is 13.7. The van der Waals surface area contributed by atoms with Crippen LogP contribution in [-0.2, 0) is 6.54 Å². The number of halogens is 1. The van der Waals surface area contributed by atoms with E-state index in [2.05, 4.69) is 21.0 Å². The molecule has 1 saturated heterocycles. The van der Waals surface area contributed by atoms with Crippen molar-refractivity contribution in [3.8, 4) is 0 Å². The van der Waals surface area contributed by atoms with Crippen molar-refractivity contribution in [2.75, 3.05) is 31.1 Å². The van der Waals surface area contributed by atoms with E-state index in [0.29, 0.717) is 11.1 Å². The number of nitrogens with one attached hydrogen (secondary N) is 1. The first kappa shape index (κ1) is 17.0. The molecule has 1 aliphatic heterocycles. The molecular formula is C22H21FN4O. The maximum absolute atomic E-state index is 14.0. The third kappa shape index (κ3) is 2.96. The molecule has 2 aromatic carbocycles. The zero-order valence-electron chi connectivity index (χ0n) is 15.4. The van der Waals surface area contributed by atoms with Crippen molar-refractivity contribution >= 4 is 22.2 Å². The lowest BCUT2D eigenvalue weighted by atomic mass is 10.2. The molecule has 4 aromatic rings. The van der Waals surface area contributed by atoms with Gasteiger partial charge in [0.15, 0.2) is 0 Å². The highest BCUT2D eigenvalue weighted by Gasteiger charge is 2.20. The first-order valence-corrected chi connectivity index (χ1v) is 9.53. The number of H-pyrrole nitrogens is 1. The number of nitrogens with zero attached hydrogens (tertiary/aromatic N) is 3. The zero-order valence-corrected chi connectivity index (χ0v) is 15.4. The minimum Gasteiger partial charge on any atom is -0.367 e. The average Bonchev–Trinajstić information content (AvgIpc) is 3.12. The Morgan fingerprint density at radius 1 is 0.964 bits per heavy atom. The van der Waals surface area contributed by atoms with E-state index in [1.165, 1.54) is 6.07 Å². The SMILES string of the molecule is O=c1[nH]c2cc(CN3CCN(c4ccccc4F)CC3)cn2c2ccccc12. The number of rotatable bonds is 3. The Labute approximate surface area is 161 Å². The summed E-state index contributed by atoms with van der Waals surface area (Å²) >= 11 is 0. The highest BCUT2D eigenvalue weighted by Crippen LogP contribution is 2.21. The second-order valence-corrected chi connectivity index (χ2v) is 7.29. The molecule has 1 N–H and O–H groups in total. The number of piperazine rings is 1. The topological polar surface area (TPSA) is 43.8 Å². The Balaban J connectivity index is 1.35. The fraction of sp³-hybridized carbons (Fsp3) is 0.227. The smallest absolute Gasteiger partial charge is 0.258 e. The highest BCUT2D eigenvalue weighted by molar-refractivity contribution is 5.80. The van der Waals surface area contributed by atoms with Crippen LogP contribution in [0.2, 0.25) is 0 Å². The Hall–Kier alpha value is -3.12. The Morgan fingerprint density at radius 2 is 1.71 bits per heavy atom. The van der Waals surface area contributed by atoms with E-state index < -0.39 is 0 Å². The van der Waals surface area contributed by atoms with E-state index in [1.54, 1.807) is 6.07 Å². The summed E-state index contributed by atoms with van der Waals surface area (Å²) in [6, 6.07) is 16.6. The number of hydrogen-bond acceptors (Lipinski definition) is 3. The predicted molar refractivity (Wildman–Crippen MR) is 109 cm³/mol. The van der Waals surface area contributed by atoms with Crippen molar-refractivity contribution in [2.24, 2.45) is 0 Å². The summed E-state index contributed by atoms with van der Waals surface area (Å²) in [5, 5.41) is 0.690. The van der Waals surface area contributed by atoms with Crippen molar-refractivity contribution in [1.82, 2.24) is 14.3 Å². The van der Waals surface area contributed by atoms with E-state index >= 15 is 0 Å². The van der Waals surface area contributed by atoms with E-state index in [-0.39, 0.29) is 11.4 Å². The van der Waals surface area contributed by atoms with Gasteiger partial charge in [0.25, 0.3) is 5.56 Å². The molecule has 0 radical (unpaired) electrons. The van der Waals surface area contributed by atoms with Crippen LogP contribution in [0.5, 0.6) is 0 Å². The molecule has 0 saturated carbocycles. The van der Waals surface area contributed by atoms with Crippen LogP contribution in [0, 0.1) is 5.82 Å². The van der Waals surface area contributed by atoms with Gasteiger partial charge < -0.3 is 14.3 Å². The van der Waals surface area contributed by atoms with Gasteiger partial charge in [0.2, 0.25) is 0 Å². The Kier molecular flexibility index (Phi) is 4.13. The quantitative estimate of drug-likeness (QED) is 0.597. The maximum atomic E-state index is 14.0. The summed E-state index contributed by atoms with van der Waals surface area (Å²) in [5.41, 5.74) is 3.50. The Bertz CT molecular complexity index is 1200. The van der Waals surface area contributed by atoms with Crippen LogP contribution in [-0.4, -0.2) is 40.5 Å². The van der Waals surface area contributed by atoms with E-state index in [4.69, 9.17) is 0 Å². The number of para-hydroxylation sites is 2. The lowest BCUT2D eigenvalue weighted by molar-refractivity contribution is 0.249. The standard InChI is InChI=1S/C22H21FN4O/c23-18-6-2-4-8-20(18)26-11-9-25(10-12-26)14-16-13-21-24-22(28)17-5-1-3-7-19(17)27(21)15-16/h1-8,13,15H,9-12,14H2,(H,24,28). The summed E-state index contributed by atoms with van der Waals surface area (Å²) in [6.45, 7) is 4.15. The second-order valence-electron chi connectivity index (χ2n) is 7.29. The van der Waals surface area contributed by atoms with Crippen LogP contribution >= 0.6 is 0 Å². The molecule has 6 heteroatoms. The third-order valence-electron chi connectivity index (χ3n) is 5.50. The number of benzene rings is 2. The van der Waals surface area contributed by atoms with Crippen molar-refractivity contribution in [2.45, 2.75) is 6.54 Å². The van der Waals surface area contributed by atoms with Gasteiger partial charge in [0, 0.05) is 38.9 Å². The summed E-state index contributed by atoms with van der Waals surface area (Å²) in [6.07, 6.45) is 2.09. The summed E-state index contributed by atoms with van der Waals surface area (Å²) in [4.78, 5) is 19.7. The summed E-state index contributed by atoms with van der Waals surface area (Å²) in [5.74, 6) is -0.162. The Morgan fingerprint density at radius 3 is 2.54 bits per heavy atom. The molecule has 0 amide bonds. The molecule has 3 heterocycles. The molecule has 2 aromatic heterocycles. The van der Waals surface area contributed by atoms with Gasteiger partial charge in [-0.15, -0.1) is 0 Å². The minimum atomic E-state index is -0.162. The number of hydrogen-bond donors (Lipinski definition) is 1. The van der Waals surface area contributed by atoms with Gasteiger partial charge in [-0.1, -0.05) is 24.3 Å². The molecule has 28 heavy (non-hydrogen) atoms. The van der Waals surface area contributed by atoms with Crippen LogP contribution < -0.4 is 10.5 Å². The molecule has 1 fully saturated rings. The van der Waals surface area contributed by atoms with Gasteiger partial charge in [-0.05, 0) is 35.9 Å². The van der Waals surface area contributed by atoms with Crippen LogP contribution in [0.25, 0.3) is 16.6 Å². The van der Waals surface area contributed by atoms with Gasteiger partial charge in [-0.2, -0.15) is 0 Å². The summed E-state index contributed by atoms with van der Waals surface area (Å²) < 4.78 is 16.1. The van der Waals surface area contributed by atoms with Gasteiger partial charge in [0.05, 0.1) is 16.6 Å². The molecule has 0 spiro atoms. The normalized spacial score (nSPS) is 15.5. The van der Waals surface area contributed by atoms with Crippen LogP contribution in [0.15, 0.2) is 65.6 Å². The maximum Gasteiger partial charge on any atom is 0.258 e. The van der Waals surface area contributed by atoms with Crippen molar-refractivity contribution in [1.29, 1.82) is 0 Å². The van der Waals surface area contributed by atoms with E-state index in [1.807, 2.05) is 46.9 Å². The molecular weight excluding hydrogens is 355 g/mol. The highest BCUT2D eigenvalue weighted by atomic mass is 19.1. The minimum absolute atomic E-state index is 0.0637. The van der Waals surface area contributed by atoms with Crippen molar-refractivity contribution in [3.63, 3.8) is 0 Å². The van der Waals surface area contributed by atoms with Crippen molar-refractivity contribution < 1.29 is 4.39 Å². The number of aromatic nitrogens is 2. The molecule has 1 aliphatic rings. The largest absolute Gasteiger partial charge is 0.367 e. The third-order valence-corrected chi connectivity index (χ3v) is 5.50. The molecule has 0 bridgehead atoms. The first-order valence-electron chi connectivity index (χ1n) is 9.53. The average molecular weight is 376 g/mol. The summed E-state index contributed by atoms with van der Waals surface area (Å²) in [7, 11) is 0. The van der Waals surface area contributed by atoms with Crippen LogP contribution in [0.1, 0.15) is 5.56 Å². The second kappa shape index (κ2) is 6.80. The van der Waals surface area contributed by atoms with E-state index in [9.17, 15) is 9.18 Å². The molecule has 5 rings (SSSR count). The number of anilines is 1. The van der Waals surface area contributed by atoms with Crippen LogP contribution in [0.3, 0.4) is 0 Å². The van der Waals surface area contributed by atoms with Gasteiger partial charge in [0.1, 0.15) is 11.5 Å². The molecule has 0 aliphatic carbocycles. The molecule has 0 unspecified atom stereocenters. The van der Waals surface area contributed by atoms with Crippen LogP contribution in [0.4, 0.5) is 10.1 Å². The van der Waals surface area contributed by atoms with E-state index in [0.717, 1.165) is 49.5 Å². The van der Waals surface area contributed by atoms with Gasteiger partial charge >= 0.3 is 0 Å². The molecule has 142 valence electrons. The fourth-order valence-electron chi connectivity index (χ4n) is 4.07.